The Morgan fingerprint density at radius 3 is 2.50 bits per heavy atom. The van der Waals surface area contributed by atoms with E-state index in [1.807, 2.05) is 24.3 Å². The highest BCUT2D eigenvalue weighted by Crippen LogP contribution is 2.41. The van der Waals surface area contributed by atoms with E-state index in [0.717, 1.165) is 43.4 Å². The molecule has 4 heteroatoms. The molecule has 3 rings (SSSR count). The van der Waals surface area contributed by atoms with Gasteiger partial charge in [-0.05, 0) is 49.9 Å². The van der Waals surface area contributed by atoms with Crippen molar-refractivity contribution in [2.75, 3.05) is 11.4 Å². The second-order valence-electron chi connectivity index (χ2n) is 5.72. The van der Waals surface area contributed by atoms with Crippen LogP contribution >= 0.6 is 0 Å². The standard InChI is InChI=1S/C16H20N2O2/c17-9-3-5-11-4-1-6-12(10-11)18-15(19)13-7-2-8-14(13)16(18)20/h1,4,6,10,13-14H,2-3,5,7-9,17H2. The van der Waals surface area contributed by atoms with E-state index in [2.05, 4.69) is 0 Å². The molecule has 2 N–H and O–H groups in total. The van der Waals surface area contributed by atoms with Gasteiger partial charge in [-0.1, -0.05) is 18.6 Å². The summed E-state index contributed by atoms with van der Waals surface area (Å²) in [5, 5.41) is 0. The van der Waals surface area contributed by atoms with E-state index in [-0.39, 0.29) is 23.7 Å². The van der Waals surface area contributed by atoms with Crippen LogP contribution < -0.4 is 10.6 Å². The number of hydrogen-bond donors (Lipinski definition) is 1. The zero-order valence-corrected chi connectivity index (χ0v) is 11.5. The molecule has 1 aliphatic heterocycles. The number of carbonyl (C=O) groups excluding carboxylic acids is 2. The van der Waals surface area contributed by atoms with Gasteiger partial charge in [0.05, 0.1) is 17.5 Å². The molecule has 106 valence electrons. The number of aryl methyl sites for hydroxylation is 1. The van der Waals surface area contributed by atoms with E-state index < -0.39 is 0 Å². The number of amides is 2. The third-order valence-electron chi connectivity index (χ3n) is 4.43. The highest BCUT2D eigenvalue weighted by Gasteiger charge is 2.50. The van der Waals surface area contributed by atoms with Crippen molar-refractivity contribution in [2.45, 2.75) is 32.1 Å². The molecule has 4 nitrogen and oxygen atoms in total. The lowest BCUT2D eigenvalue weighted by Crippen LogP contribution is -2.31. The molecule has 0 radical (unpaired) electrons. The Balaban J connectivity index is 1.85. The molecular weight excluding hydrogens is 252 g/mol. The number of fused-ring (bicyclic) bond motifs is 1. The molecule has 20 heavy (non-hydrogen) atoms. The van der Waals surface area contributed by atoms with Crippen molar-refractivity contribution in [3.63, 3.8) is 0 Å². The molecule has 1 aliphatic carbocycles. The number of rotatable bonds is 4. The third kappa shape index (κ3) is 2.14. The minimum Gasteiger partial charge on any atom is -0.330 e. The topological polar surface area (TPSA) is 63.4 Å². The molecule has 0 aromatic heterocycles. The van der Waals surface area contributed by atoms with Crippen molar-refractivity contribution in [2.24, 2.45) is 17.6 Å². The quantitative estimate of drug-likeness (QED) is 0.851. The van der Waals surface area contributed by atoms with Gasteiger partial charge in [-0.25, -0.2) is 0 Å². The lowest BCUT2D eigenvalue weighted by molar-refractivity contribution is -0.122. The normalized spacial score (nSPS) is 25.4. The fraction of sp³-hybridized carbons (Fsp3) is 0.500. The Hall–Kier alpha value is -1.68. The van der Waals surface area contributed by atoms with Crippen LogP contribution in [0, 0.1) is 11.8 Å². The van der Waals surface area contributed by atoms with Gasteiger partial charge < -0.3 is 5.73 Å². The average Bonchev–Trinajstić information content (AvgIpc) is 3.02. The summed E-state index contributed by atoms with van der Waals surface area (Å²) >= 11 is 0. The van der Waals surface area contributed by atoms with Gasteiger partial charge in [0, 0.05) is 0 Å². The predicted molar refractivity (Wildman–Crippen MR) is 77.1 cm³/mol. The van der Waals surface area contributed by atoms with Crippen molar-refractivity contribution < 1.29 is 9.59 Å². The van der Waals surface area contributed by atoms with Crippen molar-refractivity contribution in [1.29, 1.82) is 0 Å². The van der Waals surface area contributed by atoms with E-state index in [4.69, 9.17) is 5.73 Å². The molecule has 0 spiro atoms. The zero-order valence-electron chi connectivity index (χ0n) is 11.5. The first-order valence-corrected chi connectivity index (χ1v) is 7.39. The fourth-order valence-electron chi connectivity index (χ4n) is 3.40. The van der Waals surface area contributed by atoms with E-state index in [9.17, 15) is 9.59 Å². The van der Waals surface area contributed by atoms with Crippen molar-refractivity contribution in [3.05, 3.63) is 29.8 Å². The van der Waals surface area contributed by atoms with Gasteiger partial charge in [0.15, 0.2) is 0 Å². The van der Waals surface area contributed by atoms with Crippen molar-refractivity contribution in [1.82, 2.24) is 0 Å². The van der Waals surface area contributed by atoms with Gasteiger partial charge in [-0.15, -0.1) is 0 Å². The highest BCUT2D eigenvalue weighted by atomic mass is 16.2. The number of imide groups is 1. The van der Waals surface area contributed by atoms with Crippen LogP contribution in [-0.4, -0.2) is 18.4 Å². The molecule has 2 atom stereocenters. The van der Waals surface area contributed by atoms with Crippen LogP contribution in [-0.2, 0) is 16.0 Å². The van der Waals surface area contributed by atoms with Crippen LogP contribution in [0.3, 0.4) is 0 Å². The molecule has 0 bridgehead atoms. The molecule has 2 amide bonds. The van der Waals surface area contributed by atoms with E-state index in [1.54, 1.807) is 0 Å². The number of anilines is 1. The maximum atomic E-state index is 12.4. The summed E-state index contributed by atoms with van der Waals surface area (Å²) in [6, 6.07) is 7.73. The SMILES string of the molecule is NCCCc1cccc(N2C(=O)C3CCCC3C2=O)c1. The third-order valence-corrected chi connectivity index (χ3v) is 4.43. The zero-order chi connectivity index (χ0) is 14.1. The van der Waals surface area contributed by atoms with Crippen molar-refractivity contribution >= 4 is 17.5 Å². The van der Waals surface area contributed by atoms with Crippen LogP contribution in [0.15, 0.2) is 24.3 Å². The summed E-state index contributed by atoms with van der Waals surface area (Å²) in [4.78, 5) is 26.2. The molecular formula is C16H20N2O2. The van der Waals surface area contributed by atoms with E-state index in [1.165, 1.54) is 4.90 Å². The second kappa shape index (κ2) is 5.37. The minimum absolute atomic E-state index is 0.00604. The molecule has 2 unspecified atom stereocenters. The van der Waals surface area contributed by atoms with Gasteiger partial charge >= 0.3 is 0 Å². The van der Waals surface area contributed by atoms with Gasteiger partial charge in [-0.2, -0.15) is 0 Å². The number of benzene rings is 1. The highest BCUT2D eigenvalue weighted by molar-refractivity contribution is 6.22. The Bertz CT molecular complexity index is 519. The predicted octanol–water partition coefficient (Wildman–Crippen LogP) is 1.87. The summed E-state index contributed by atoms with van der Waals surface area (Å²) in [7, 11) is 0. The summed E-state index contributed by atoms with van der Waals surface area (Å²) in [5.74, 6) is -0.160. The molecule has 1 aromatic carbocycles. The summed E-state index contributed by atoms with van der Waals surface area (Å²) in [5.41, 5.74) is 7.38. The summed E-state index contributed by atoms with van der Waals surface area (Å²) in [6.45, 7) is 0.649. The minimum atomic E-state index is -0.0739. The first-order valence-electron chi connectivity index (χ1n) is 7.39. The first kappa shape index (κ1) is 13.3. The lowest BCUT2D eigenvalue weighted by Gasteiger charge is -2.16. The maximum Gasteiger partial charge on any atom is 0.237 e. The molecule has 1 saturated heterocycles. The van der Waals surface area contributed by atoms with Crippen LogP contribution in [0.5, 0.6) is 0 Å². The number of nitrogens with zero attached hydrogens (tertiary/aromatic N) is 1. The Morgan fingerprint density at radius 1 is 1.15 bits per heavy atom. The van der Waals surface area contributed by atoms with Crippen LogP contribution in [0.2, 0.25) is 0 Å². The molecule has 2 aliphatic rings. The monoisotopic (exact) mass is 272 g/mol. The Labute approximate surface area is 118 Å². The smallest absolute Gasteiger partial charge is 0.237 e. The van der Waals surface area contributed by atoms with E-state index in [0.29, 0.717) is 6.54 Å². The molecule has 1 aromatic rings. The van der Waals surface area contributed by atoms with E-state index >= 15 is 0 Å². The second-order valence-corrected chi connectivity index (χ2v) is 5.72. The molecule has 1 heterocycles. The van der Waals surface area contributed by atoms with Gasteiger partial charge in [0.25, 0.3) is 0 Å². The van der Waals surface area contributed by atoms with Gasteiger partial charge in [-0.3, -0.25) is 14.5 Å². The largest absolute Gasteiger partial charge is 0.330 e. The van der Waals surface area contributed by atoms with Crippen LogP contribution in [0.25, 0.3) is 0 Å². The number of carbonyl (C=O) groups is 2. The lowest BCUT2D eigenvalue weighted by atomic mass is 10.00. The molecule has 1 saturated carbocycles. The fourth-order valence-corrected chi connectivity index (χ4v) is 3.40. The Kier molecular flexibility index (Phi) is 3.57. The van der Waals surface area contributed by atoms with Crippen molar-refractivity contribution in [3.8, 4) is 0 Å². The van der Waals surface area contributed by atoms with Gasteiger partial charge in [0.1, 0.15) is 0 Å². The first-order chi connectivity index (χ1) is 9.72. The number of hydrogen-bond acceptors (Lipinski definition) is 3. The summed E-state index contributed by atoms with van der Waals surface area (Å²) in [6.07, 6.45) is 4.51. The average molecular weight is 272 g/mol. The number of nitrogens with two attached hydrogens (primary N) is 1. The van der Waals surface area contributed by atoms with Crippen LogP contribution in [0.4, 0.5) is 5.69 Å². The summed E-state index contributed by atoms with van der Waals surface area (Å²) < 4.78 is 0. The Morgan fingerprint density at radius 2 is 1.85 bits per heavy atom. The van der Waals surface area contributed by atoms with Crippen LogP contribution in [0.1, 0.15) is 31.2 Å². The van der Waals surface area contributed by atoms with Gasteiger partial charge in [0.2, 0.25) is 11.8 Å². The molecule has 2 fully saturated rings. The maximum absolute atomic E-state index is 12.4.